The minimum Gasteiger partial charge on any atom is -0.388 e. The van der Waals surface area contributed by atoms with Crippen molar-refractivity contribution in [1.82, 2.24) is 4.98 Å². The number of thiazole rings is 1. The highest BCUT2D eigenvalue weighted by molar-refractivity contribution is 8.00. The van der Waals surface area contributed by atoms with Crippen LogP contribution in [0, 0.1) is 20.8 Å². The third kappa shape index (κ3) is 5.22. The molecule has 6 heteroatoms. The van der Waals surface area contributed by atoms with E-state index in [0.29, 0.717) is 10.9 Å². The second-order valence-electron chi connectivity index (χ2n) is 6.78. The maximum absolute atomic E-state index is 12.2. The molecule has 0 spiro atoms. The van der Waals surface area contributed by atoms with Crippen molar-refractivity contribution < 1.29 is 9.90 Å². The van der Waals surface area contributed by atoms with E-state index in [1.807, 2.05) is 35.7 Å². The number of rotatable bonds is 7. The number of aromatic nitrogens is 1. The van der Waals surface area contributed by atoms with Gasteiger partial charge in [0.15, 0.2) is 5.13 Å². The quantitative estimate of drug-likeness (QED) is 0.564. The Hall–Kier alpha value is -2.15. The van der Waals surface area contributed by atoms with Crippen molar-refractivity contribution in [1.29, 1.82) is 0 Å². The summed E-state index contributed by atoms with van der Waals surface area (Å²) in [6, 6.07) is 13.8. The Labute approximate surface area is 174 Å². The minimum absolute atomic E-state index is 0.108. The van der Waals surface area contributed by atoms with Gasteiger partial charge in [0.1, 0.15) is 0 Å². The SMILES string of the molecule is Cc1cc(C)c(-c2csc(NC(=O)CSCC(O)c3ccccc3)n2)cc1C. The van der Waals surface area contributed by atoms with E-state index in [4.69, 9.17) is 0 Å². The third-order valence-corrected chi connectivity index (χ3v) is 6.34. The number of aryl methyl sites for hydroxylation is 3. The van der Waals surface area contributed by atoms with Gasteiger partial charge in [-0.15, -0.1) is 23.1 Å². The molecule has 0 bridgehead atoms. The van der Waals surface area contributed by atoms with E-state index >= 15 is 0 Å². The van der Waals surface area contributed by atoms with E-state index in [9.17, 15) is 9.90 Å². The zero-order valence-electron chi connectivity index (χ0n) is 16.2. The number of nitrogens with one attached hydrogen (secondary N) is 1. The summed E-state index contributed by atoms with van der Waals surface area (Å²) in [7, 11) is 0. The van der Waals surface area contributed by atoms with Gasteiger partial charge in [-0.3, -0.25) is 4.79 Å². The molecular formula is C22H24N2O2S2. The van der Waals surface area contributed by atoms with Gasteiger partial charge in [0.2, 0.25) is 5.91 Å². The molecule has 3 aromatic rings. The monoisotopic (exact) mass is 412 g/mol. The van der Waals surface area contributed by atoms with Crippen molar-refractivity contribution in [3.05, 3.63) is 70.1 Å². The number of carbonyl (C=O) groups is 1. The van der Waals surface area contributed by atoms with Crippen LogP contribution >= 0.6 is 23.1 Å². The molecule has 1 unspecified atom stereocenters. The summed E-state index contributed by atoms with van der Waals surface area (Å²) in [6.07, 6.45) is -0.571. The van der Waals surface area contributed by atoms with Crippen LogP contribution in [0.4, 0.5) is 5.13 Å². The van der Waals surface area contributed by atoms with Gasteiger partial charge < -0.3 is 10.4 Å². The number of aliphatic hydroxyl groups excluding tert-OH is 1. The summed E-state index contributed by atoms with van der Waals surface area (Å²) in [5, 5.41) is 15.6. The van der Waals surface area contributed by atoms with Crippen LogP contribution in [0.15, 0.2) is 47.8 Å². The zero-order chi connectivity index (χ0) is 20.1. The fourth-order valence-electron chi connectivity index (χ4n) is 2.88. The maximum atomic E-state index is 12.2. The lowest BCUT2D eigenvalue weighted by atomic mass is 9.99. The van der Waals surface area contributed by atoms with E-state index in [0.717, 1.165) is 16.8 Å². The Balaban J connectivity index is 1.54. The molecule has 0 aliphatic rings. The number of nitrogens with zero attached hydrogens (tertiary/aromatic N) is 1. The van der Waals surface area contributed by atoms with Gasteiger partial charge in [-0.2, -0.15) is 0 Å². The minimum atomic E-state index is -0.571. The predicted octanol–water partition coefficient (Wildman–Crippen LogP) is 5.14. The smallest absolute Gasteiger partial charge is 0.236 e. The lowest BCUT2D eigenvalue weighted by Crippen LogP contribution is -2.15. The van der Waals surface area contributed by atoms with Crippen molar-refractivity contribution in [2.75, 3.05) is 16.8 Å². The van der Waals surface area contributed by atoms with Gasteiger partial charge in [0.05, 0.1) is 17.6 Å². The molecule has 1 amide bonds. The van der Waals surface area contributed by atoms with Crippen LogP contribution in [0.2, 0.25) is 0 Å². The highest BCUT2D eigenvalue weighted by Crippen LogP contribution is 2.29. The van der Waals surface area contributed by atoms with Crippen molar-refractivity contribution in [3.8, 4) is 11.3 Å². The molecule has 3 rings (SSSR count). The number of thioether (sulfide) groups is 1. The molecule has 0 radical (unpaired) electrons. The first kappa shape index (κ1) is 20.6. The molecule has 2 N–H and O–H groups in total. The van der Waals surface area contributed by atoms with Gasteiger partial charge in [-0.05, 0) is 49.1 Å². The number of amides is 1. The number of anilines is 1. The van der Waals surface area contributed by atoms with Crippen LogP contribution in [0.3, 0.4) is 0 Å². The molecule has 0 aliphatic carbocycles. The Morgan fingerprint density at radius 2 is 1.86 bits per heavy atom. The van der Waals surface area contributed by atoms with Gasteiger partial charge in [0, 0.05) is 16.7 Å². The number of benzene rings is 2. The highest BCUT2D eigenvalue weighted by Gasteiger charge is 2.12. The van der Waals surface area contributed by atoms with Gasteiger partial charge in [-0.25, -0.2) is 4.98 Å². The summed E-state index contributed by atoms with van der Waals surface area (Å²) in [4.78, 5) is 16.8. The second-order valence-corrected chi connectivity index (χ2v) is 8.67. The number of carbonyl (C=O) groups excluding carboxylic acids is 1. The Morgan fingerprint density at radius 1 is 1.14 bits per heavy atom. The molecule has 0 saturated heterocycles. The molecule has 1 aromatic heterocycles. The molecular weight excluding hydrogens is 388 g/mol. The highest BCUT2D eigenvalue weighted by atomic mass is 32.2. The fourth-order valence-corrected chi connectivity index (χ4v) is 4.40. The van der Waals surface area contributed by atoms with Crippen molar-refractivity contribution in [2.24, 2.45) is 0 Å². The van der Waals surface area contributed by atoms with E-state index < -0.39 is 6.10 Å². The number of hydrogen-bond donors (Lipinski definition) is 2. The second kappa shape index (κ2) is 9.37. The first-order valence-electron chi connectivity index (χ1n) is 9.08. The normalized spacial score (nSPS) is 12.0. The standard InChI is InChI=1S/C22H24N2O2S2/c1-14-9-16(3)18(10-15(14)2)19-11-28-22(23-19)24-21(26)13-27-12-20(25)17-7-5-4-6-8-17/h4-11,20,25H,12-13H2,1-3H3,(H,23,24,26). The number of aliphatic hydroxyl groups is 1. The Kier molecular flexibility index (Phi) is 6.88. The molecule has 146 valence electrons. The van der Waals surface area contributed by atoms with Gasteiger partial charge in [-0.1, -0.05) is 36.4 Å². The lowest BCUT2D eigenvalue weighted by Gasteiger charge is -2.10. The van der Waals surface area contributed by atoms with Crippen LogP contribution < -0.4 is 5.32 Å². The van der Waals surface area contributed by atoms with Gasteiger partial charge >= 0.3 is 0 Å². The summed E-state index contributed by atoms with van der Waals surface area (Å²) in [5.74, 6) is 0.645. The van der Waals surface area contributed by atoms with E-state index in [1.165, 1.54) is 39.8 Å². The van der Waals surface area contributed by atoms with Crippen molar-refractivity contribution in [2.45, 2.75) is 26.9 Å². The zero-order valence-corrected chi connectivity index (χ0v) is 17.9. The predicted molar refractivity (Wildman–Crippen MR) is 119 cm³/mol. The van der Waals surface area contributed by atoms with Crippen LogP contribution in [-0.4, -0.2) is 27.5 Å². The summed E-state index contributed by atoms with van der Waals surface area (Å²) in [5.41, 5.74) is 6.51. The first-order chi connectivity index (χ1) is 13.4. The Morgan fingerprint density at radius 3 is 2.61 bits per heavy atom. The van der Waals surface area contributed by atoms with Crippen LogP contribution in [-0.2, 0) is 4.79 Å². The third-order valence-electron chi connectivity index (χ3n) is 4.56. The summed E-state index contributed by atoms with van der Waals surface area (Å²) >= 11 is 2.83. The average molecular weight is 413 g/mol. The molecule has 1 atom stereocenters. The van der Waals surface area contributed by atoms with Crippen molar-refractivity contribution in [3.63, 3.8) is 0 Å². The van der Waals surface area contributed by atoms with Crippen LogP contribution in [0.5, 0.6) is 0 Å². The van der Waals surface area contributed by atoms with E-state index in [2.05, 4.69) is 43.2 Å². The fraction of sp³-hybridized carbons (Fsp3) is 0.273. The molecule has 0 saturated carbocycles. The lowest BCUT2D eigenvalue weighted by molar-refractivity contribution is -0.113. The maximum Gasteiger partial charge on any atom is 0.236 e. The number of hydrogen-bond acceptors (Lipinski definition) is 5. The molecule has 1 heterocycles. The summed E-state index contributed by atoms with van der Waals surface area (Å²) < 4.78 is 0. The van der Waals surface area contributed by atoms with E-state index in [1.54, 1.807) is 0 Å². The molecule has 28 heavy (non-hydrogen) atoms. The molecule has 2 aromatic carbocycles. The van der Waals surface area contributed by atoms with E-state index in [-0.39, 0.29) is 11.7 Å². The molecule has 0 fully saturated rings. The van der Waals surface area contributed by atoms with Gasteiger partial charge in [0.25, 0.3) is 0 Å². The Bertz CT molecular complexity index is 954. The van der Waals surface area contributed by atoms with Crippen molar-refractivity contribution >= 4 is 34.1 Å². The molecule has 4 nitrogen and oxygen atoms in total. The molecule has 0 aliphatic heterocycles. The first-order valence-corrected chi connectivity index (χ1v) is 11.1. The van der Waals surface area contributed by atoms with Crippen LogP contribution in [0.1, 0.15) is 28.4 Å². The topological polar surface area (TPSA) is 62.2 Å². The van der Waals surface area contributed by atoms with Crippen LogP contribution in [0.25, 0.3) is 11.3 Å². The largest absolute Gasteiger partial charge is 0.388 e. The summed E-state index contributed by atoms with van der Waals surface area (Å²) in [6.45, 7) is 6.27. The average Bonchev–Trinajstić information content (AvgIpc) is 3.13.